The minimum atomic E-state index is -0.185. The average Bonchev–Trinajstić information content (AvgIpc) is 2.31. The highest BCUT2D eigenvalue weighted by atomic mass is 16.3. The van der Waals surface area contributed by atoms with Gasteiger partial charge >= 0.3 is 0 Å². The quantitative estimate of drug-likeness (QED) is 0.833. The summed E-state index contributed by atoms with van der Waals surface area (Å²) in [6.45, 7) is 0.759. The maximum absolute atomic E-state index is 9.94. The third-order valence-corrected chi connectivity index (χ3v) is 3.29. The molecule has 88 valence electrons. The molecule has 4 nitrogen and oxygen atoms in total. The molecule has 0 spiro atoms. The number of aromatic nitrogens is 2. The van der Waals surface area contributed by atoms with Crippen LogP contribution in [-0.2, 0) is 6.54 Å². The van der Waals surface area contributed by atoms with Crippen molar-refractivity contribution in [2.24, 2.45) is 0 Å². The van der Waals surface area contributed by atoms with Gasteiger partial charge in [0.25, 0.3) is 0 Å². The number of hydrogen-bond acceptors (Lipinski definition) is 4. The fourth-order valence-electron chi connectivity index (χ4n) is 2.39. The first kappa shape index (κ1) is 11.5. The number of hydrogen-bond donors (Lipinski definition) is 1. The molecule has 0 aromatic carbocycles. The normalized spacial score (nSPS) is 25.9. The Bertz CT molecular complexity index is 317. The van der Waals surface area contributed by atoms with Gasteiger partial charge < -0.3 is 5.11 Å². The van der Waals surface area contributed by atoms with Crippen molar-refractivity contribution in [3.63, 3.8) is 0 Å². The molecule has 2 unspecified atom stereocenters. The van der Waals surface area contributed by atoms with Crippen LogP contribution in [0.3, 0.4) is 0 Å². The number of nitrogens with zero attached hydrogens (tertiary/aromatic N) is 3. The Balaban J connectivity index is 1.94. The summed E-state index contributed by atoms with van der Waals surface area (Å²) in [6.07, 6.45) is 9.36. The first-order valence-electron chi connectivity index (χ1n) is 5.90. The lowest BCUT2D eigenvalue weighted by Gasteiger charge is -2.34. The van der Waals surface area contributed by atoms with Gasteiger partial charge in [-0.3, -0.25) is 14.9 Å². The molecule has 1 saturated carbocycles. The largest absolute Gasteiger partial charge is 0.391 e. The van der Waals surface area contributed by atoms with E-state index in [1.165, 1.54) is 6.42 Å². The van der Waals surface area contributed by atoms with Gasteiger partial charge in [-0.05, 0) is 19.9 Å². The van der Waals surface area contributed by atoms with Gasteiger partial charge in [-0.25, -0.2) is 0 Å². The van der Waals surface area contributed by atoms with Crippen molar-refractivity contribution in [3.05, 3.63) is 24.3 Å². The third kappa shape index (κ3) is 2.77. The van der Waals surface area contributed by atoms with Gasteiger partial charge in [0.05, 0.1) is 11.8 Å². The Labute approximate surface area is 96.3 Å². The summed E-state index contributed by atoms with van der Waals surface area (Å²) >= 11 is 0. The van der Waals surface area contributed by atoms with E-state index < -0.39 is 0 Å². The van der Waals surface area contributed by atoms with Gasteiger partial charge in [0, 0.05) is 31.2 Å². The van der Waals surface area contributed by atoms with Crippen molar-refractivity contribution in [1.82, 2.24) is 14.9 Å². The first-order valence-corrected chi connectivity index (χ1v) is 5.90. The molecule has 2 atom stereocenters. The molecule has 1 aliphatic rings. The zero-order valence-electron chi connectivity index (χ0n) is 9.71. The summed E-state index contributed by atoms with van der Waals surface area (Å²) in [4.78, 5) is 10.5. The molecule has 1 N–H and O–H groups in total. The highest BCUT2D eigenvalue weighted by Gasteiger charge is 2.26. The van der Waals surface area contributed by atoms with Gasteiger partial charge in [-0.1, -0.05) is 12.8 Å². The van der Waals surface area contributed by atoms with Crippen molar-refractivity contribution >= 4 is 0 Å². The lowest BCUT2D eigenvalue weighted by Crippen LogP contribution is -2.43. The van der Waals surface area contributed by atoms with E-state index in [9.17, 15) is 5.11 Å². The molecule has 4 heteroatoms. The van der Waals surface area contributed by atoms with Crippen molar-refractivity contribution in [3.8, 4) is 0 Å². The van der Waals surface area contributed by atoms with Crippen molar-refractivity contribution in [1.29, 1.82) is 0 Å². The highest BCUT2D eigenvalue weighted by Crippen LogP contribution is 2.23. The van der Waals surface area contributed by atoms with Gasteiger partial charge in [0.1, 0.15) is 0 Å². The maximum atomic E-state index is 9.94. The van der Waals surface area contributed by atoms with E-state index in [1.54, 1.807) is 18.6 Å². The SMILES string of the molecule is CN(Cc1cnccn1)C1CCCCC1O. The molecule has 0 radical (unpaired) electrons. The molecule has 0 aliphatic heterocycles. The number of likely N-dealkylation sites (N-methyl/N-ethyl adjacent to an activating group) is 1. The van der Waals surface area contributed by atoms with E-state index in [1.807, 2.05) is 7.05 Å². The van der Waals surface area contributed by atoms with E-state index in [0.717, 1.165) is 31.5 Å². The smallest absolute Gasteiger partial charge is 0.0726 e. The monoisotopic (exact) mass is 221 g/mol. The zero-order valence-corrected chi connectivity index (χ0v) is 9.71. The van der Waals surface area contributed by atoms with Gasteiger partial charge in [-0.2, -0.15) is 0 Å². The summed E-state index contributed by atoms with van der Waals surface area (Å²) in [5, 5.41) is 9.94. The second-order valence-corrected chi connectivity index (χ2v) is 4.53. The topological polar surface area (TPSA) is 49.2 Å². The van der Waals surface area contributed by atoms with E-state index in [0.29, 0.717) is 0 Å². The standard InChI is InChI=1S/C12H19N3O/c1-15(9-10-8-13-6-7-14-10)11-4-2-3-5-12(11)16/h6-8,11-12,16H,2-5,9H2,1H3. The predicted octanol–water partition coefficient (Wildman–Crippen LogP) is 1.21. The van der Waals surface area contributed by atoms with Gasteiger partial charge in [-0.15, -0.1) is 0 Å². The zero-order chi connectivity index (χ0) is 11.4. The maximum Gasteiger partial charge on any atom is 0.0726 e. The van der Waals surface area contributed by atoms with Crippen molar-refractivity contribution in [2.75, 3.05) is 7.05 Å². The van der Waals surface area contributed by atoms with Crippen LogP contribution < -0.4 is 0 Å². The molecule has 1 aromatic rings. The molecular formula is C12H19N3O. The first-order chi connectivity index (χ1) is 7.77. The summed E-state index contributed by atoms with van der Waals surface area (Å²) in [5.74, 6) is 0. The number of aliphatic hydroxyl groups is 1. The Morgan fingerprint density at radius 2 is 2.19 bits per heavy atom. The van der Waals surface area contributed by atoms with Crippen LogP contribution in [-0.4, -0.2) is 39.2 Å². The van der Waals surface area contributed by atoms with Crippen LogP contribution >= 0.6 is 0 Å². The predicted molar refractivity (Wildman–Crippen MR) is 61.8 cm³/mol. The van der Waals surface area contributed by atoms with Crippen LogP contribution in [0.4, 0.5) is 0 Å². The molecule has 1 fully saturated rings. The number of rotatable bonds is 3. The Morgan fingerprint density at radius 1 is 1.38 bits per heavy atom. The molecule has 1 heterocycles. The fraction of sp³-hybridized carbons (Fsp3) is 0.667. The average molecular weight is 221 g/mol. The van der Waals surface area contributed by atoms with E-state index in [-0.39, 0.29) is 12.1 Å². The molecule has 16 heavy (non-hydrogen) atoms. The van der Waals surface area contributed by atoms with Crippen LogP contribution in [0.1, 0.15) is 31.4 Å². The lowest BCUT2D eigenvalue weighted by atomic mass is 9.91. The summed E-state index contributed by atoms with van der Waals surface area (Å²) in [7, 11) is 2.05. The van der Waals surface area contributed by atoms with Crippen molar-refractivity contribution < 1.29 is 5.11 Å². The van der Waals surface area contributed by atoms with E-state index in [2.05, 4.69) is 14.9 Å². The second-order valence-electron chi connectivity index (χ2n) is 4.53. The Morgan fingerprint density at radius 3 is 2.88 bits per heavy atom. The molecule has 1 aromatic heterocycles. The molecule has 1 aliphatic carbocycles. The lowest BCUT2D eigenvalue weighted by molar-refractivity contribution is 0.0283. The third-order valence-electron chi connectivity index (χ3n) is 3.29. The fourth-order valence-corrected chi connectivity index (χ4v) is 2.39. The van der Waals surface area contributed by atoms with E-state index >= 15 is 0 Å². The van der Waals surface area contributed by atoms with Crippen LogP contribution in [0.5, 0.6) is 0 Å². The van der Waals surface area contributed by atoms with Crippen LogP contribution in [0, 0.1) is 0 Å². The van der Waals surface area contributed by atoms with Gasteiger partial charge in [0.15, 0.2) is 0 Å². The molecular weight excluding hydrogens is 202 g/mol. The Kier molecular flexibility index (Phi) is 3.85. The molecule has 2 rings (SSSR count). The summed E-state index contributed by atoms with van der Waals surface area (Å²) < 4.78 is 0. The number of aliphatic hydroxyl groups excluding tert-OH is 1. The summed E-state index contributed by atoms with van der Waals surface area (Å²) in [5.41, 5.74) is 0.961. The minimum Gasteiger partial charge on any atom is -0.391 e. The van der Waals surface area contributed by atoms with Crippen LogP contribution in [0.15, 0.2) is 18.6 Å². The molecule has 0 bridgehead atoms. The van der Waals surface area contributed by atoms with Crippen LogP contribution in [0.2, 0.25) is 0 Å². The Hall–Kier alpha value is -1.00. The highest BCUT2D eigenvalue weighted by molar-refractivity contribution is 4.95. The molecule has 0 amide bonds. The van der Waals surface area contributed by atoms with Crippen molar-refractivity contribution in [2.45, 2.75) is 44.4 Å². The minimum absolute atomic E-state index is 0.185. The van der Waals surface area contributed by atoms with Gasteiger partial charge in [0.2, 0.25) is 0 Å². The van der Waals surface area contributed by atoms with E-state index in [4.69, 9.17) is 0 Å². The molecule has 0 saturated heterocycles. The second kappa shape index (κ2) is 5.37. The van der Waals surface area contributed by atoms with Crippen LogP contribution in [0.25, 0.3) is 0 Å². The summed E-state index contributed by atoms with van der Waals surface area (Å²) in [6, 6.07) is 0.274.